The third-order valence-electron chi connectivity index (χ3n) is 10.9. The number of nitrogens with zero attached hydrogens (tertiary/aromatic N) is 11. The van der Waals surface area contributed by atoms with Crippen molar-refractivity contribution in [3.05, 3.63) is 232 Å². The van der Waals surface area contributed by atoms with Crippen LogP contribution in [0.2, 0.25) is 0 Å². The summed E-state index contributed by atoms with van der Waals surface area (Å²) in [6, 6.07) is 30.6. The monoisotopic (exact) mass is 1330 g/mol. The Kier molecular flexibility index (Phi) is 39.7. The normalized spacial score (nSPS) is 9.57. The van der Waals surface area contributed by atoms with Crippen LogP contribution in [0.1, 0.15) is 171 Å². The van der Waals surface area contributed by atoms with Crippen molar-refractivity contribution in [3.63, 3.8) is 0 Å². The third kappa shape index (κ3) is 37.4. The van der Waals surface area contributed by atoms with Gasteiger partial charge in [0, 0.05) is 149 Å². The van der Waals surface area contributed by atoms with Gasteiger partial charge in [-0.05, 0) is 86.3 Å². The molecule has 1 aromatic carbocycles. The lowest BCUT2D eigenvalue weighted by Gasteiger charge is -1.98. The highest BCUT2D eigenvalue weighted by Gasteiger charge is 2.09. The molecule has 28 heteroatoms. The van der Waals surface area contributed by atoms with Crippen LogP contribution in [0.15, 0.2) is 180 Å². The molecule has 9 aromatic rings. The first-order chi connectivity index (χ1) is 45.0. The third-order valence-corrected chi connectivity index (χ3v) is 11.9. The molecule has 0 aliphatic rings. The maximum absolute atomic E-state index is 11.0. The van der Waals surface area contributed by atoms with Gasteiger partial charge in [0.2, 0.25) is 0 Å². The number of carbonyl (C=O) groups excluding carboxylic acids is 11. The molecule has 0 spiro atoms. The fourth-order valence-corrected chi connectivity index (χ4v) is 6.41. The second kappa shape index (κ2) is 45.3. The topological polar surface area (TPSA) is 407 Å². The van der Waals surface area contributed by atoms with Crippen LogP contribution in [0.5, 0.6) is 0 Å². The van der Waals surface area contributed by atoms with Crippen LogP contribution in [-0.4, -0.2) is 142 Å². The first kappa shape index (κ1) is 84.1. The molecule has 96 heavy (non-hydrogen) atoms. The number of benzene rings is 1. The SMILES string of the molecule is CC(=O)C(C)=O.CC(=O)c1cc(C)on1.CC(=O)c1cc2ccccc2cn1.CC(=O)c1ccc(C)cn1.CC(=O)c1ccc([N+](=O)[O-])cn1.CC(=O)c1ccccn1.CC(=O)c1ccnc(C(C)=O)c1.CC(=O)c1cnccn1.CN=CC(C)=O.CS(=O)(=O)c1ccccn1. The molecular formula is C68H73N11O16S. The molecule has 0 amide bonds. The molecule has 9 rings (SSSR count). The second-order valence-corrected chi connectivity index (χ2v) is 21.3. The minimum Gasteiger partial charge on any atom is -0.361 e. The number of sulfone groups is 1. The minimum atomic E-state index is -3.11. The Labute approximate surface area is 554 Å². The van der Waals surface area contributed by atoms with Gasteiger partial charge in [-0.1, -0.05) is 47.6 Å². The highest BCUT2D eigenvalue weighted by atomic mass is 32.2. The number of fused-ring (bicyclic) bond motifs is 1. The van der Waals surface area contributed by atoms with Crippen molar-refractivity contribution >= 4 is 96.1 Å². The largest absolute Gasteiger partial charge is 0.361 e. The summed E-state index contributed by atoms with van der Waals surface area (Å²) in [6.45, 7) is 19.4. The number of carbonyl (C=O) groups is 11. The second-order valence-electron chi connectivity index (χ2n) is 19.4. The molecule has 0 N–H and O–H groups in total. The van der Waals surface area contributed by atoms with Gasteiger partial charge in [0.1, 0.15) is 51.8 Å². The summed E-state index contributed by atoms with van der Waals surface area (Å²) in [5, 5.41) is 15.9. The van der Waals surface area contributed by atoms with Crippen molar-refractivity contribution in [1.29, 1.82) is 0 Å². The van der Waals surface area contributed by atoms with Gasteiger partial charge >= 0.3 is 0 Å². The first-order valence-electron chi connectivity index (χ1n) is 28.1. The fourth-order valence-electron chi connectivity index (χ4n) is 5.83. The molecular weight excluding hydrogens is 1260 g/mol. The van der Waals surface area contributed by atoms with Gasteiger partial charge in [0.05, 0.1) is 17.3 Å². The average Bonchev–Trinajstić information content (AvgIpc) is 1.17. The van der Waals surface area contributed by atoms with Crippen LogP contribution >= 0.6 is 0 Å². The standard InChI is InChI=1S/C11H9NO.C9H9NO2.C8H9NO.C7H6N2O3.C7H7NO.C6H6N2O.C6H7NO2S.C6H7NO2.C4H7NO.C4H6O2/c1-8(13)11-6-9-4-2-3-5-10(9)7-12-11;1-6(11)8-3-4-10-9(5-8)7(2)12;1-6-3-4-8(7(2)10)9-5-6;1-5(10)7-3-2-6(4-8-7)9(11)12;1-6(9)7-4-2-3-5-8-7;1-5(9)6-4-7-2-3-8-6;1-10(8,9)6-4-2-3-5-7-6;1-4-3-6(5(2)8)7-9-4;1-4(6)3-5-2;1-3(5)4(2)6/h2-7H,1H3;3-5H,1-2H3;3-5H,1-2H3;2-4H,1H3;2-5H,1H3;2-4H,1H3;2-5H,1H3;3H,1-2H3;3H,1-2H3;1-2H3. The fraction of sp³-hybridized carbons (Fsp3) is 0.221. The van der Waals surface area contributed by atoms with E-state index in [1.807, 2.05) is 43.3 Å². The van der Waals surface area contributed by atoms with Gasteiger partial charge in [-0.2, -0.15) is 0 Å². The molecule has 502 valence electrons. The van der Waals surface area contributed by atoms with E-state index in [1.165, 1.54) is 138 Å². The van der Waals surface area contributed by atoms with Crippen molar-refractivity contribution in [3.8, 4) is 0 Å². The smallest absolute Gasteiger partial charge is 0.287 e. The van der Waals surface area contributed by atoms with E-state index in [1.54, 1.807) is 81.1 Å². The summed E-state index contributed by atoms with van der Waals surface area (Å²) in [7, 11) is -1.54. The number of pyridine rings is 6. The molecule has 0 fully saturated rings. The number of aromatic nitrogens is 9. The number of hydrogen-bond acceptors (Lipinski definition) is 26. The van der Waals surface area contributed by atoms with Gasteiger partial charge in [0.25, 0.3) is 5.69 Å². The van der Waals surface area contributed by atoms with Crippen molar-refractivity contribution in [2.24, 2.45) is 4.99 Å². The lowest BCUT2D eigenvalue weighted by Crippen LogP contribution is -2.01. The zero-order valence-electron chi connectivity index (χ0n) is 55.5. The predicted molar refractivity (Wildman–Crippen MR) is 357 cm³/mol. The molecule has 0 atom stereocenters. The first-order valence-corrected chi connectivity index (χ1v) is 30.0. The molecule has 0 saturated heterocycles. The van der Waals surface area contributed by atoms with Crippen LogP contribution < -0.4 is 0 Å². The van der Waals surface area contributed by atoms with Crippen LogP contribution in [-0.2, 0) is 24.2 Å². The molecule has 8 aromatic heterocycles. The predicted octanol–water partition coefficient (Wildman–Crippen LogP) is 10.8. The van der Waals surface area contributed by atoms with Crippen LogP contribution in [0.3, 0.4) is 0 Å². The molecule has 0 unspecified atom stereocenters. The van der Waals surface area contributed by atoms with Gasteiger partial charge in [-0.15, -0.1) is 0 Å². The summed E-state index contributed by atoms with van der Waals surface area (Å²) in [5.74, 6) is -0.568. The van der Waals surface area contributed by atoms with E-state index < -0.39 is 14.8 Å². The number of hydrogen-bond donors (Lipinski definition) is 0. The lowest BCUT2D eigenvalue weighted by molar-refractivity contribution is -0.385. The van der Waals surface area contributed by atoms with E-state index in [0.717, 1.165) is 28.8 Å². The Hall–Kier alpha value is -11.9. The maximum Gasteiger partial charge on any atom is 0.287 e. The molecule has 0 radical (unpaired) electrons. The Morgan fingerprint density at radius 1 is 0.448 bits per heavy atom. The quantitative estimate of drug-likeness (QED) is 0.0360. The van der Waals surface area contributed by atoms with Crippen molar-refractivity contribution in [2.45, 2.75) is 95.0 Å². The van der Waals surface area contributed by atoms with Crippen molar-refractivity contribution in [1.82, 2.24) is 45.0 Å². The Bertz CT molecular complexity index is 4080. The van der Waals surface area contributed by atoms with Gasteiger partial charge in [-0.3, -0.25) is 92.8 Å². The Morgan fingerprint density at radius 3 is 1.25 bits per heavy atom. The van der Waals surface area contributed by atoms with E-state index >= 15 is 0 Å². The molecule has 8 heterocycles. The van der Waals surface area contributed by atoms with E-state index in [0.29, 0.717) is 45.5 Å². The zero-order chi connectivity index (χ0) is 73.1. The summed E-state index contributed by atoms with van der Waals surface area (Å²) < 4.78 is 26.2. The Morgan fingerprint density at radius 2 is 0.917 bits per heavy atom. The summed E-state index contributed by atoms with van der Waals surface area (Å²) in [4.78, 5) is 159. The number of nitro groups is 1. The molecule has 0 bridgehead atoms. The van der Waals surface area contributed by atoms with E-state index in [-0.39, 0.29) is 80.0 Å². The highest BCUT2D eigenvalue weighted by molar-refractivity contribution is 7.90. The Balaban J connectivity index is 0.00000105. The zero-order valence-corrected chi connectivity index (χ0v) is 56.3. The molecule has 0 saturated carbocycles. The van der Waals surface area contributed by atoms with E-state index in [4.69, 9.17) is 0 Å². The molecule has 0 aliphatic heterocycles. The highest BCUT2D eigenvalue weighted by Crippen LogP contribution is 2.14. The van der Waals surface area contributed by atoms with Crippen molar-refractivity contribution in [2.75, 3.05) is 13.3 Å². The number of aryl methyl sites for hydroxylation is 2. The molecule has 27 nitrogen and oxygen atoms in total. The van der Waals surface area contributed by atoms with Gasteiger partial charge < -0.3 is 4.52 Å². The van der Waals surface area contributed by atoms with Crippen LogP contribution in [0.25, 0.3) is 10.8 Å². The van der Waals surface area contributed by atoms with Crippen molar-refractivity contribution < 1.29 is 70.6 Å². The maximum atomic E-state index is 11.0. The number of aliphatic imine (C=N–C) groups is 1. The number of Topliss-reactive ketones (excluding diaryl/α,β-unsaturated/α-hetero) is 11. The van der Waals surface area contributed by atoms with Crippen LogP contribution in [0.4, 0.5) is 5.69 Å². The summed E-state index contributed by atoms with van der Waals surface area (Å²) >= 11 is 0. The van der Waals surface area contributed by atoms with Crippen LogP contribution in [0, 0.1) is 24.0 Å². The van der Waals surface area contributed by atoms with E-state index in [2.05, 4.69) is 54.5 Å². The number of ketones is 11. The minimum absolute atomic E-state index is 0.00231. The average molecular weight is 1330 g/mol. The van der Waals surface area contributed by atoms with Gasteiger partial charge in [-0.25, -0.2) is 23.4 Å². The van der Waals surface area contributed by atoms with Gasteiger partial charge in [0.15, 0.2) is 78.5 Å². The van der Waals surface area contributed by atoms with E-state index in [9.17, 15) is 71.3 Å². The number of rotatable bonds is 12. The summed E-state index contributed by atoms with van der Waals surface area (Å²) in [5.41, 5.74) is 4.45. The molecule has 0 aliphatic carbocycles. The lowest BCUT2D eigenvalue weighted by atomic mass is 10.1. The summed E-state index contributed by atoms with van der Waals surface area (Å²) in [6.07, 6.45) is 15.9.